The number of benzene rings is 8. The van der Waals surface area contributed by atoms with Crippen LogP contribution in [-0.2, 0) is 0 Å². The minimum atomic E-state index is 0.587. The van der Waals surface area contributed by atoms with E-state index in [0.717, 1.165) is 72.0 Å². The maximum absolute atomic E-state index is 6.53. The second-order valence-corrected chi connectivity index (χ2v) is 13.3. The summed E-state index contributed by atoms with van der Waals surface area (Å²) in [6.45, 7) is 0. The summed E-state index contributed by atoms with van der Waals surface area (Å²) in [6, 6.07) is 65.3. The number of furan rings is 1. The number of aromatic nitrogens is 3. The van der Waals surface area contributed by atoms with E-state index >= 15 is 0 Å². The van der Waals surface area contributed by atoms with Gasteiger partial charge in [-0.1, -0.05) is 158 Å². The lowest BCUT2D eigenvalue weighted by atomic mass is 10.00. The average molecular weight is 678 g/mol. The maximum Gasteiger partial charge on any atom is 0.164 e. The molecule has 2 aromatic heterocycles. The van der Waals surface area contributed by atoms with E-state index in [9.17, 15) is 0 Å². The van der Waals surface area contributed by atoms with Gasteiger partial charge in [0.15, 0.2) is 17.5 Å². The third-order valence-electron chi connectivity index (χ3n) is 9.95. The molecular weight excluding hydrogens is 647 g/mol. The predicted molar refractivity (Wildman–Crippen MR) is 217 cm³/mol. The molecule has 0 aliphatic heterocycles. The van der Waals surface area contributed by atoms with Gasteiger partial charge in [0.25, 0.3) is 0 Å². The Bertz CT molecular complexity index is 2810. The molecule has 4 nitrogen and oxygen atoms in total. The standard InChI is InChI=1S/C49H31N3O/c1-3-9-32(10-4-1)35-15-20-37(21-16-35)47-50-48(38-22-17-36(18-23-38)33-11-5-2-6-12-33)52-49(51-47)42-26-28-44-43-27-25-41(30-45(43)53-46(44)31-42)40-24-19-34-13-7-8-14-39(34)29-40/h1-31H. The first-order valence-corrected chi connectivity index (χ1v) is 17.8. The minimum absolute atomic E-state index is 0.587. The molecule has 0 atom stereocenters. The van der Waals surface area contributed by atoms with Crippen LogP contribution in [0.25, 0.3) is 100 Å². The van der Waals surface area contributed by atoms with E-state index in [1.165, 1.54) is 10.8 Å². The highest BCUT2D eigenvalue weighted by Gasteiger charge is 2.16. The Kier molecular flexibility index (Phi) is 7.43. The van der Waals surface area contributed by atoms with Crippen molar-refractivity contribution in [2.75, 3.05) is 0 Å². The van der Waals surface area contributed by atoms with Gasteiger partial charge in [-0.2, -0.15) is 0 Å². The number of nitrogens with zero attached hydrogens (tertiary/aromatic N) is 3. The fourth-order valence-corrected chi connectivity index (χ4v) is 7.11. The van der Waals surface area contributed by atoms with Gasteiger partial charge in [-0.05, 0) is 74.5 Å². The van der Waals surface area contributed by atoms with Gasteiger partial charge in [0.2, 0.25) is 0 Å². The lowest BCUT2D eigenvalue weighted by molar-refractivity contribution is 0.669. The molecule has 0 saturated heterocycles. The summed E-state index contributed by atoms with van der Waals surface area (Å²) in [7, 11) is 0. The van der Waals surface area contributed by atoms with Crippen molar-refractivity contribution in [1.29, 1.82) is 0 Å². The van der Waals surface area contributed by atoms with Gasteiger partial charge in [0.05, 0.1) is 0 Å². The minimum Gasteiger partial charge on any atom is -0.456 e. The molecule has 0 aliphatic rings. The van der Waals surface area contributed by atoms with Crippen LogP contribution < -0.4 is 0 Å². The number of hydrogen-bond donors (Lipinski definition) is 0. The zero-order valence-corrected chi connectivity index (χ0v) is 28.6. The molecule has 0 N–H and O–H groups in total. The highest BCUT2D eigenvalue weighted by atomic mass is 16.3. The summed E-state index contributed by atoms with van der Waals surface area (Å²) in [5.74, 6) is 1.81. The van der Waals surface area contributed by atoms with Gasteiger partial charge in [0, 0.05) is 27.5 Å². The molecule has 0 amide bonds. The van der Waals surface area contributed by atoms with Crippen LogP contribution in [0, 0.1) is 0 Å². The van der Waals surface area contributed by atoms with Crippen molar-refractivity contribution in [2.24, 2.45) is 0 Å². The summed E-state index contributed by atoms with van der Waals surface area (Å²) >= 11 is 0. The van der Waals surface area contributed by atoms with E-state index in [4.69, 9.17) is 19.4 Å². The molecule has 2 heterocycles. The predicted octanol–water partition coefficient (Wildman–Crippen LogP) is 12.9. The van der Waals surface area contributed by atoms with Crippen molar-refractivity contribution >= 4 is 32.7 Å². The highest BCUT2D eigenvalue weighted by molar-refractivity contribution is 6.07. The van der Waals surface area contributed by atoms with E-state index in [0.29, 0.717) is 17.5 Å². The lowest BCUT2D eigenvalue weighted by Crippen LogP contribution is -2.00. The Balaban J connectivity index is 1.05. The Hall–Kier alpha value is -7.17. The second-order valence-electron chi connectivity index (χ2n) is 13.3. The van der Waals surface area contributed by atoms with Crippen LogP contribution in [0.2, 0.25) is 0 Å². The van der Waals surface area contributed by atoms with Gasteiger partial charge in [0.1, 0.15) is 11.2 Å². The van der Waals surface area contributed by atoms with Crippen molar-refractivity contribution in [3.05, 3.63) is 188 Å². The van der Waals surface area contributed by atoms with Crippen LogP contribution >= 0.6 is 0 Å². The van der Waals surface area contributed by atoms with E-state index in [1.54, 1.807) is 0 Å². The molecule has 4 heteroatoms. The van der Waals surface area contributed by atoms with Gasteiger partial charge in [-0.15, -0.1) is 0 Å². The topological polar surface area (TPSA) is 51.8 Å². The first kappa shape index (κ1) is 30.6. The molecule has 0 unspecified atom stereocenters. The molecule has 10 aromatic rings. The molecular formula is C49H31N3O. The second kappa shape index (κ2) is 12.9. The molecule has 8 aromatic carbocycles. The van der Waals surface area contributed by atoms with Crippen molar-refractivity contribution < 1.29 is 4.42 Å². The Morgan fingerprint density at radius 1 is 0.264 bits per heavy atom. The molecule has 0 fully saturated rings. The van der Waals surface area contributed by atoms with E-state index in [-0.39, 0.29) is 0 Å². The SMILES string of the molecule is c1ccc(-c2ccc(-c3nc(-c4ccc(-c5ccccc5)cc4)nc(-c4ccc5c(c4)oc4cc(-c6ccc7ccccc7c6)ccc45)n3)cc2)cc1. The van der Waals surface area contributed by atoms with Crippen LogP contribution in [0.1, 0.15) is 0 Å². The largest absolute Gasteiger partial charge is 0.456 e. The van der Waals surface area contributed by atoms with Crippen LogP contribution in [0.4, 0.5) is 0 Å². The zero-order valence-electron chi connectivity index (χ0n) is 28.6. The molecule has 0 aliphatic carbocycles. The number of hydrogen-bond acceptors (Lipinski definition) is 4. The summed E-state index contributed by atoms with van der Waals surface area (Å²) in [4.78, 5) is 15.1. The molecule has 0 spiro atoms. The van der Waals surface area contributed by atoms with Crippen LogP contribution in [0.3, 0.4) is 0 Å². The van der Waals surface area contributed by atoms with E-state index in [2.05, 4.69) is 170 Å². The van der Waals surface area contributed by atoms with Crippen LogP contribution in [0.15, 0.2) is 192 Å². The van der Waals surface area contributed by atoms with Gasteiger partial charge in [-0.3, -0.25) is 0 Å². The lowest BCUT2D eigenvalue weighted by Gasteiger charge is -2.10. The Morgan fingerprint density at radius 3 is 1.21 bits per heavy atom. The molecule has 53 heavy (non-hydrogen) atoms. The van der Waals surface area contributed by atoms with E-state index < -0.39 is 0 Å². The summed E-state index contributed by atoms with van der Waals surface area (Å²) in [5, 5.41) is 4.57. The first-order chi connectivity index (χ1) is 26.2. The molecule has 248 valence electrons. The molecule has 0 radical (unpaired) electrons. The maximum atomic E-state index is 6.53. The van der Waals surface area contributed by atoms with Gasteiger partial charge >= 0.3 is 0 Å². The van der Waals surface area contributed by atoms with Crippen molar-refractivity contribution in [3.8, 4) is 67.5 Å². The monoisotopic (exact) mass is 677 g/mol. The van der Waals surface area contributed by atoms with Crippen molar-refractivity contribution in [2.45, 2.75) is 0 Å². The van der Waals surface area contributed by atoms with Crippen molar-refractivity contribution in [3.63, 3.8) is 0 Å². The summed E-state index contributed by atoms with van der Waals surface area (Å²) < 4.78 is 6.53. The number of fused-ring (bicyclic) bond motifs is 4. The van der Waals surface area contributed by atoms with Gasteiger partial charge in [-0.25, -0.2) is 15.0 Å². The van der Waals surface area contributed by atoms with Crippen molar-refractivity contribution in [1.82, 2.24) is 15.0 Å². The van der Waals surface area contributed by atoms with E-state index in [1.807, 2.05) is 18.2 Å². The zero-order chi connectivity index (χ0) is 35.1. The van der Waals surface area contributed by atoms with Gasteiger partial charge < -0.3 is 4.42 Å². The Morgan fingerprint density at radius 2 is 0.642 bits per heavy atom. The smallest absolute Gasteiger partial charge is 0.164 e. The normalized spacial score (nSPS) is 11.4. The summed E-state index contributed by atoms with van der Waals surface area (Å²) in [6.07, 6.45) is 0. The number of rotatable bonds is 6. The van der Waals surface area contributed by atoms with Crippen LogP contribution in [-0.4, -0.2) is 15.0 Å². The first-order valence-electron chi connectivity index (χ1n) is 17.8. The summed E-state index contributed by atoms with van der Waals surface area (Å²) in [5.41, 5.74) is 11.2. The third-order valence-corrected chi connectivity index (χ3v) is 9.95. The third kappa shape index (κ3) is 5.82. The quantitative estimate of drug-likeness (QED) is 0.176. The average Bonchev–Trinajstić information content (AvgIpc) is 3.61. The molecule has 0 saturated carbocycles. The Labute approximate surface area is 306 Å². The molecule has 0 bridgehead atoms. The van der Waals surface area contributed by atoms with Crippen LogP contribution in [0.5, 0.6) is 0 Å². The fourth-order valence-electron chi connectivity index (χ4n) is 7.11. The fraction of sp³-hybridized carbons (Fsp3) is 0. The molecule has 10 rings (SSSR count). The highest BCUT2D eigenvalue weighted by Crippen LogP contribution is 2.36.